The van der Waals surface area contributed by atoms with Crippen LogP contribution in [0.1, 0.15) is 45.4 Å². The van der Waals surface area contributed by atoms with E-state index in [1.807, 2.05) is 0 Å². The average molecular weight is 380 g/mol. The number of allylic oxidation sites excluding steroid dienone is 9. The molecule has 0 radical (unpaired) electrons. The van der Waals surface area contributed by atoms with E-state index in [0.29, 0.717) is 5.92 Å². The molecule has 2 rings (SSSR count). The van der Waals surface area contributed by atoms with E-state index in [0.717, 1.165) is 12.3 Å². The van der Waals surface area contributed by atoms with E-state index in [9.17, 15) is 0 Å². The standard InChI is InChI=1S/C19H25I/c1-3-8-15(9-4-2)19-14-17(20)12-13-18(19)16-10-6-5-7-11-16/h3,5-6,10,12-13,15,19H,1,4,7-9,11,14H2,2H3. The fraction of sp³-hybridized carbons (Fsp3) is 0.474. The van der Waals surface area contributed by atoms with Crippen LogP contribution in [0.4, 0.5) is 0 Å². The Morgan fingerprint density at radius 2 is 2.25 bits per heavy atom. The summed E-state index contributed by atoms with van der Waals surface area (Å²) in [7, 11) is 0. The molecule has 2 aliphatic carbocycles. The van der Waals surface area contributed by atoms with Crippen LogP contribution in [-0.2, 0) is 0 Å². The van der Waals surface area contributed by atoms with Crippen LogP contribution in [0.3, 0.4) is 0 Å². The molecule has 0 fully saturated rings. The number of hydrogen-bond acceptors (Lipinski definition) is 0. The molecule has 0 spiro atoms. The lowest BCUT2D eigenvalue weighted by Gasteiger charge is -2.32. The molecule has 20 heavy (non-hydrogen) atoms. The highest BCUT2D eigenvalue weighted by molar-refractivity contribution is 14.1. The summed E-state index contributed by atoms with van der Waals surface area (Å²) in [4.78, 5) is 0. The summed E-state index contributed by atoms with van der Waals surface area (Å²) >= 11 is 2.50. The SMILES string of the molecule is C=CCC(CCC)C1CC(I)=CC=C1C1=CC=CCC1. The molecular formula is C19H25I. The van der Waals surface area contributed by atoms with Gasteiger partial charge in [-0.05, 0) is 81.3 Å². The van der Waals surface area contributed by atoms with Crippen LogP contribution in [0, 0.1) is 11.8 Å². The van der Waals surface area contributed by atoms with Crippen molar-refractivity contribution in [2.24, 2.45) is 11.8 Å². The topological polar surface area (TPSA) is 0 Å². The molecule has 0 saturated heterocycles. The van der Waals surface area contributed by atoms with Crippen molar-refractivity contribution < 1.29 is 0 Å². The second kappa shape index (κ2) is 8.02. The molecule has 0 aliphatic heterocycles. The molecule has 0 nitrogen and oxygen atoms in total. The molecule has 2 unspecified atom stereocenters. The third-order valence-corrected chi connectivity index (χ3v) is 5.14. The van der Waals surface area contributed by atoms with Gasteiger partial charge in [0.1, 0.15) is 0 Å². The van der Waals surface area contributed by atoms with Crippen molar-refractivity contribution in [3.63, 3.8) is 0 Å². The lowest BCUT2D eigenvalue weighted by Crippen LogP contribution is -2.20. The zero-order valence-corrected chi connectivity index (χ0v) is 14.6. The van der Waals surface area contributed by atoms with Gasteiger partial charge >= 0.3 is 0 Å². The van der Waals surface area contributed by atoms with Crippen LogP contribution in [0.5, 0.6) is 0 Å². The van der Waals surface area contributed by atoms with E-state index in [1.165, 1.54) is 35.7 Å². The van der Waals surface area contributed by atoms with Gasteiger partial charge in [-0.2, -0.15) is 0 Å². The zero-order valence-electron chi connectivity index (χ0n) is 12.4. The number of halogens is 1. The maximum atomic E-state index is 3.97. The molecule has 1 heteroatoms. The number of hydrogen-bond donors (Lipinski definition) is 0. The summed E-state index contributed by atoms with van der Waals surface area (Å²) < 4.78 is 1.49. The predicted molar refractivity (Wildman–Crippen MR) is 98.0 cm³/mol. The fourth-order valence-corrected chi connectivity index (χ4v) is 4.02. The van der Waals surface area contributed by atoms with Gasteiger partial charge in [-0.25, -0.2) is 0 Å². The molecule has 0 aromatic carbocycles. The Bertz CT molecular complexity index is 462. The summed E-state index contributed by atoms with van der Waals surface area (Å²) in [6.45, 7) is 6.27. The highest BCUT2D eigenvalue weighted by Gasteiger charge is 2.27. The Morgan fingerprint density at radius 1 is 1.40 bits per heavy atom. The third kappa shape index (κ3) is 3.97. The van der Waals surface area contributed by atoms with E-state index in [2.05, 4.69) is 72.5 Å². The molecule has 2 aliphatic rings. The molecule has 2 atom stereocenters. The first-order chi connectivity index (χ1) is 9.76. The first-order valence-electron chi connectivity index (χ1n) is 7.79. The van der Waals surface area contributed by atoms with E-state index in [1.54, 1.807) is 11.1 Å². The predicted octanol–water partition coefficient (Wildman–Crippen LogP) is 6.52. The van der Waals surface area contributed by atoms with E-state index < -0.39 is 0 Å². The van der Waals surface area contributed by atoms with Crippen LogP contribution in [0.25, 0.3) is 0 Å². The minimum Gasteiger partial charge on any atom is -0.103 e. The zero-order chi connectivity index (χ0) is 14.4. The van der Waals surface area contributed by atoms with Crippen LogP contribution in [-0.4, -0.2) is 0 Å². The van der Waals surface area contributed by atoms with Crippen molar-refractivity contribution in [2.45, 2.75) is 45.4 Å². The Labute approximate surface area is 137 Å². The van der Waals surface area contributed by atoms with Crippen LogP contribution >= 0.6 is 22.6 Å². The highest BCUT2D eigenvalue weighted by atomic mass is 127. The van der Waals surface area contributed by atoms with E-state index in [4.69, 9.17) is 0 Å². The van der Waals surface area contributed by atoms with Gasteiger partial charge in [0, 0.05) is 0 Å². The molecule has 0 heterocycles. The van der Waals surface area contributed by atoms with Gasteiger partial charge in [0.25, 0.3) is 0 Å². The highest BCUT2D eigenvalue weighted by Crippen LogP contribution is 2.42. The smallest absolute Gasteiger partial charge is 0.00830 e. The van der Waals surface area contributed by atoms with Gasteiger partial charge in [0.05, 0.1) is 0 Å². The van der Waals surface area contributed by atoms with Gasteiger partial charge in [-0.3, -0.25) is 0 Å². The molecule has 108 valence electrons. The maximum Gasteiger partial charge on any atom is -0.00830 e. The van der Waals surface area contributed by atoms with Crippen LogP contribution in [0.15, 0.2) is 57.8 Å². The first kappa shape index (κ1) is 15.8. The molecule has 0 saturated carbocycles. The van der Waals surface area contributed by atoms with Crippen LogP contribution < -0.4 is 0 Å². The Hall–Kier alpha value is -0.570. The second-order valence-electron chi connectivity index (χ2n) is 5.78. The van der Waals surface area contributed by atoms with Gasteiger partial charge in [-0.1, -0.05) is 49.8 Å². The summed E-state index contributed by atoms with van der Waals surface area (Å²) in [5.41, 5.74) is 3.15. The summed E-state index contributed by atoms with van der Waals surface area (Å²) in [6, 6.07) is 0. The quantitative estimate of drug-likeness (QED) is 0.363. The second-order valence-corrected chi connectivity index (χ2v) is 7.16. The first-order valence-corrected chi connectivity index (χ1v) is 8.87. The van der Waals surface area contributed by atoms with Crippen molar-refractivity contribution in [1.29, 1.82) is 0 Å². The molecule has 0 amide bonds. The van der Waals surface area contributed by atoms with E-state index >= 15 is 0 Å². The largest absolute Gasteiger partial charge is 0.103 e. The van der Waals surface area contributed by atoms with Crippen molar-refractivity contribution >= 4 is 22.6 Å². The van der Waals surface area contributed by atoms with Gasteiger partial charge < -0.3 is 0 Å². The monoisotopic (exact) mass is 380 g/mol. The average Bonchev–Trinajstić information content (AvgIpc) is 2.48. The molecule has 0 aromatic rings. The molecular weight excluding hydrogens is 355 g/mol. The Balaban J connectivity index is 2.26. The van der Waals surface area contributed by atoms with Gasteiger partial charge in [0.15, 0.2) is 0 Å². The Kier molecular flexibility index (Phi) is 6.34. The van der Waals surface area contributed by atoms with Gasteiger partial charge in [-0.15, -0.1) is 6.58 Å². The molecule has 0 aromatic heterocycles. The normalized spacial score (nSPS) is 23.7. The fourth-order valence-electron chi connectivity index (χ4n) is 3.37. The van der Waals surface area contributed by atoms with Crippen molar-refractivity contribution in [1.82, 2.24) is 0 Å². The number of rotatable bonds is 6. The molecule has 0 bridgehead atoms. The minimum absolute atomic E-state index is 0.683. The lowest BCUT2D eigenvalue weighted by atomic mass is 9.73. The minimum atomic E-state index is 0.683. The van der Waals surface area contributed by atoms with Gasteiger partial charge in [0.2, 0.25) is 0 Å². The van der Waals surface area contributed by atoms with Crippen molar-refractivity contribution in [2.75, 3.05) is 0 Å². The summed E-state index contributed by atoms with van der Waals surface area (Å²) in [5, 5.41) is 0. The van der Waals surface area contributed by atoms with Crippen molar-refractivity contribution in [3.05, 3.63) is 57.8 Å². The van der Waals surface area contributed by atoms with Crippen molar-refractivity contribution in [3.8, 4) is 0 Å². The Morgan fingerprint density at radius 3 is 2.90 bits per heavy atom. The lowest BCUT2D eigenvalue weighted by molar-refractivity contribution is 0.354. The van der Waals surface area contributed by atoms with Crippen LogP contribution in [0.2, 0.25) is 0 Å². The maximum absolute atomic E-state index is 3.97. The van der Waals surface area contributed by atoms with E-state index in [-0.39, 0.29) is 0 Å². The summed E-state index contributed by atoms with van der Waals surface area (Å²) in [5.74, 6) is 1.43. The summed E-state index contributed by atoms with van der Waals surface area (Å²) in [6.07, 6.45) is 20.9. The third-order valence-electron chi connectivity index (χ3n) is 4.34. The molecule has 0 N–H and O–H groups in total.